The highest BCUT2D eigenvalue weighted by Crippen LogP contribution is 2.22. The van der Waals surface area contributed by atoms with Crippen LogP contribution in [-0.4, -0.2) is 29.1 Å². The summed E-state index contributed by atoms with van der Waals surface area (Å²) < 4.78 is 6.41. The predicted octanol–water partition coefficient (Wildman–Crippen LogP) is 3.02. The zero-order valence-corrected chi connectivity index (χ0v) is 16.4. The first kappa shape index (κ1) is 20.7. The van der Waals surface area contributed by atoms with Crippen molar-refractivity contribution in [2.75, 3.05) is 12.4 Å². The molecule has 0 spiro atoms. The third-order valence-corrected chi connectivity index (χ3v) is 3.62. The summed E-state index contributed by atoms with van der Waals surface area (Å²) in [5.41, 5.74) is 8.04. The molecule has 8 heteroatoms. The van der Waals surface area contributed by atoms with Crippen LogP contribution in [0.4, 0.5) is 5.82 Å². The van der Waals surface area contributed by atoms with E-state index in [2.05, 4.69) is 37.9 Å². The summed E-state index contributed by atoms with van der Waals surface area (Å²) in [6, 6.07) is 9.71. The lowest BCUT2D eigenvalue weighted by Crippen LogP contribution is -2.23. The highest BCUT2D eigenvalue weighted by molar-refractivity contribution is 14.1. The van der Waals surface area contributed by atoms with Crippen LogP contribution < -0.4 is 15.8 Å². The van der Waals surface area contributed by atoms with Crippen LogP contribution >= 0.6 is 22.6 Å². The van der Waals surface area contributed by atoms with E-state index in [1.54, 1.807) is 13.3 Å². The minimum Gasteiger partial charge on any atom is -0.496 e. The number of pyridine rings is 1. The molecule has 2 aromatic rings. The molecule has 4 N–H and O–H groups in total. The Hall–Kier alpha value is -2.36. The van der Waals surface area contributed by atoms with Gasteiger partial charge in [0.05, 0.1) is 13.7 Å². The van der Waals surface area contributed by atoms with Gasteiger partial charge in [0.2, 0.25) is 0 Å². The second-order valence-electron chi connectivity index (χ2n) is 4.96. The lowest BCUT2D eigenvalue weighted by molar-refractivity contribution is -0.134. The van der Waals surface area contributed by atoms with E-state index >= 15 is 0 Å². The minimum absolute atomic E-state index is 0.328. The van der Waals surface area contributed by atoms with E-state index in [1.165, 1.54) is 0 Å². The molecule has 0 aliphatic heterocycles. The summed E-state index contributed by atoms with van der Waals surface area (Å²) in [6.07, 6.45) is 1.76. The number of guanidine groups is 1. The summed E-state index contributed by atoms with van der Waals surface area (Å²) in [5.74, 6) is 0.987. The molecule has 0 saturated heterocycles. The lowest BCUT2D eigenvalue weighted by Gasteiger charge is -2.10. The van der Waals surface area contributed by atoms with Gasteiger partial charge in [-0.25, -0.2) is 9.98 Å². The van der Waals surface area contributed by atoms with Crippen molar-refractivity contribution in [3.05, 3.63) is 51.2 Å². The van der Waals surface area contributed by atoms with Gasteiger partial charge in [-0.3, -0.25) is 4.79 Å². The summed E-state index contributed by atoms with van der Waals surface area (Å²) >= 11 is 2.20. The van der Waals surface area contributed by atoms with Crippen LogP contribution in [0.25, 0.3) is 0 Å². The van der Waals surface area contributed by atoms with Gasteiger partial charge in [-0.05, 0) is 53.3 Å². The number of benzene rings is 1. The quantitative estimate of drug-likeness (QED) is 0.371. The average molecular weight is 456 g/mol. The summed E-state index contributed by atoms with van der Waals surface area (Å²) in [6.45, 7) is 3.57. The number of hydrogen-bond donors (Lipinski definition) is 3. The van der Waals surface area contributed by atoms with Crippen LogP contribution in [0.5, 0.6) is 5.75 Å². The molecule has 0 aliphatic rings. The molecular formula is C17H21IN4O3. The van der Waals surface area contributed by atoms with Gasteiger partial charge < -0.3 is 20.9 Å². The van der Waals surface area contributed by atoms with E-state index < -0.39 is 5.97 Å². The molecule has 0 unspecified atom stereocenters. The molecule has 2 rings (SSSR count). The van der Waals surface area contributed by atoms with Crippen molar-refractivity contribution >= 4 is 40.3 Å². The first-order chi connectivity index (χ1) is 11.8. The predicted molar refractivity (Wildman–Crippen MR) is 107 cm³/mol. The molecule has 1 aromatic heterocycles. The fourth-order valence-corrected chi connectivity index (χ4v) is 2.17. The maximum Gasteiger partial charge on any atom is 0.300 e. The maximum absolute atomic E-state index is 9.00. The van der Waals surface area contributed by atoms with Crippen molar-refractivity contribution in [3.8, 4) is 5.75 Å². The van der Waals surface area contributed by atoms with Crippen LogP contribution in [0.2, 0.25) is 0 Å². The van der Waals surface area contributed by atoms with Crippen molar-refractivity contribution in [2.45, 2.75) is 20.4 Å². The number of halogens is 1. The van der Waals surface area contributed by atoms with Crippen molar-refractivity contribution in [3.63, 3.8) is 0 Å². The smallest absolute Gasteiger partial charge is 0.300 e. The van der Waals surface area contributed by atoms with E-state index in [1.807, 2.05) is 37.3 Å². The first-order valence-electron chi connectivity index (χ1n) is 7.34. The maximum atomic E-state index is 9.00. The molecule has 0 amide bonds. The Labute approximate surface area is 160 Å². The van der Waals surface area contributed by atoms with Crippen LogP contribution in [0.15, 0.2) is 41.5 Å². The Morgan fingerprint density at radius 1 is 1.40 bits per heavy atom. The van der Waals surface area contributed by atoms with E-state index in [9.17, 15) is 0 Å². The molecule has 0 aliphatic carbocycles. The Kier molecular flexibility index (Phi) is 8.68. The fourth-order valence-electron chi connectivity index (χ4n) is 1.85. The number of aromatic nitrogens is 1. The third-order valence-electron chi connectivity index (χ3n) is 2.98. The Bertz CT molecular complexity index is 729. The van der Waals surface area contributed by atoms with Gasteiger partial charge in [0.25, 0.3) is 5.97 Å². The second kappa shape index (κ2) is 10.5. The number of carboxylic acids is 1. The highest BCUT2D eigenvalue weighted by Gasteiger charge is 2.05. The Morgan fingerprint density at radius 3 is 2.64 bits per heavy atom. The molecule has 1 heterocycles. The molecule has 0 radical (unpaired) electrons. The minimum atomic E-state index is -0.833. The molecule has 1 aromatic carbocycles. The fraction of sp³-hybridized carbons (Fsp3) is 0.235. The Balaban J connectivity index is 0.000000705. The molecule has 0 saturated carbocycles. The van der Waals surface area contributed by atoms with Gasteiger partial charge in [0.15, 0.2) is 5.96 Å². The zero-order chi connectivity index (χ0) is 18.8. The van der Waals surface area contributed by atoms with Crippen molar-refractivity contribution < 1.29 is 14.6 Å². The van der Waals surface area contributed by atoms with Crippen molar-refractivity contribution in [2.24, 2.45) is 10.7 Å². The average Bonchev–Trinajstić information content (AvgIpc) is 2.55. The van der Waals surface area contributed by atoms with Crippen molar-refractivity contribution in [1.29, 1.82) is 0 Å². The number of rotatable bonds is 4. The highest BCUT2D eigenvalue weighted by atomic mass is 127. The number of anilines is 1. The van der Waals surface area contributed by atoms with Crippen LogP contribution in [0, 0.1) is 10.5 Å². The SMILES string of the molecule is CC(=O)O.COc1cccc(C)c1CN=C(N)Nc1ccc(I)cn1. The van der Waals surface area contributed by atoms with E-state index in [4.69, 9.17) is 20.4 Å². The number of ether oxygens (including phenoxy) is 1. The topological polar surface area (TPSA) is 110 Å². The molecule has 134 valence electrons. The monoisotopic (exact) mass is 456 g/mol. The number of aliphatic imine (C=N–C) groups is 1. The van der Waals surface area contributed by atoms with Gasteiger partial charge >= 0.3 is 0 Å². The molecule has 0 atom stereocenters. The normalized spacial score (nSPS) is 10.5. The number of carboxylic acid groups (broad SMARTS) is 1. The third kappa shape index (κ3) is 7.84. The number of aryl methyl sites for hydroxylation is 1. The molecule has 7 nitrogen and oxygen atoms in total. The lowest BCUT2D eigenvalue weighted by atomic mass is 10.1. The number of nitrogens with two attached hydrogens (primary N) is 1. The molecule has 25 heavy (non-hydrogen) atoms. The summed E-state index contributed by atoms with van der Waals surface area (Å²) in [4.78, 5) is 17.6. The number of methoxy groups -OCH3 is 1. The van der Waals surface area contributed by atoms with Crippen LogP contribution in [-0.2, 0) is 11.3 Å². The standard InChI is InChI=1S/C15H17IN4O.C2H4O2/c1-10-4-3-5-13(21-2)12(10)9-19-15(17)20-14-7-6-11(16)8-18-14;1-2(3)4/h3-8H,9H2,1-2H3,(H3,17,18,19,20);1H3,(H,3,4). The number of aliphatic carboxylic acids is 1. The van der Waals surface area contributed by atoms with E-state index in [-0.39, 0.29) is 0 Å². The zero-order valence-electron chi connectivity index (χ0n) is 14.3. The molecule has 0 fully saturated rings. The van der Waals surface area contributed by atoms with Gasteiger partial charge in [0, 0.05) is 22.3 Å². The number of carbonyl (C=O) groups is 1. The van der Waals surface area contributed by atoms with Gasteiger partial charge in [-0.15, -0.1) is 0 Å². The number of nitrogens with one attached hydrogen (secondary N) is 1. The largest absolute Gasteiger partial charge is 0.496 e. The molecule has 0 bridgehead atoms. The van der Waals surface area contributed by atoms with Gasteiger partial charge in [0.1, 0.15) is 11.6 Å². The Morgan fingerprint density at radius 2 is 2.08 bits per heavy atom. The summed E-state index contributed by atoms with van der Waals surface area (Å²) in [5, 5.41) is 10.4. The van der Waals surface area contributed by atoms with Crippen LogP contribution in [0.3, 0.4) is 0 Å². The second-order valence-corrected chi connectivity index (χ2v) is 6.21. The van der Waals surface area contributed by atoms with Gasteiger partial charge in [-0.1, -0.05) is 12.1 Å². The molecular weight excluding hydrogens is 435 g/mol. The number of nitrogens with zero attached hydrogens (tertiary/aromatic N) is 2. The van der Waals surface area contributed by atoms with Gasteiger partial charge in [-0.2, -0.15) is 0 Å². The van der Waals surface area contributed by atoms with Crippen LogP contribution in [0.1, 0.15) is 18.1 Å². The van der Waals surface area contributed by atoms with E-state index in [0.717, 1.165) is 27.4 Å². The van der Waals surface area contributed by atoms with E-state index in [0.29, 0.717) is 18.3 Å². The van der Waals surface area contributed by atoms with Crippen molar-refractivity contribution in [1.82, 2.24) is 4.98 Å². The number of hydrogen-bond acceptors (Lipinski definition) is 4. The first-order valence-corrected chi connectivity index (χ1v) is 8.42. The summed E-state index contributed by atoms with van der Waals surface area (Å²) in [7, 11) is 1.65.